The lowest BCUT2D eigenvalue weighted by atomic mass is 9.91. The fourth-order valence-corrected chi connectivity index (χ4v) is 4.86. The van der Waals surface area contributed by atoms with Gasteiger partial charge in [-0.05, 0) is 44.0 Å². The van der Waals surface area contributed by atoms with Crippen molar-refractivity contribution in [2.24, 2.45) is 0 Å². The lowest BCUT2D eigenvalue weighted by Gasteiger charge is -2.33. The molecular formula is C21H28N2O4S. The number of benzene rings is 2. The van der Waals surface area contributed by atoms with Crippen molar-refractivity contribution in [3.8, 4) is 11.5 Å². The van der Waals surface area contributed by atoms with Gasteiger partial charge in [-0.3, -0.25) is 0 Å². The Morgan fingerprint density at radius 1 is 0.929 bits per heavy atom. The largest absolute Gasteiger partial charge is 0.497 e. The Morgan fingerprint density at radius 3 is 2.25 bits per heavy atom. The van der Waals surface area contributed by atoms with Crippen molar-refractivity contribution in [3.05, 3.63) is 48.0 Å². The highest BCUT2D eigenvalue weighted by molar-refractivity contribution is 7.89. The zero-order valence-electron chi connectivity index (χ0n) is 16.6. The molecule has 1 fully saturated rings. The van der Waals surface area contributed by atoms with Crippen LogP contribution in [-0.4, -0.2) is 34.7 Å². The Morgan fingerprint density at radius 2 is 1.61 bits per heavy atom. The van der Waals surface area contributed by atoms with Gasteiger partial charge in [0, 0.05) is 18.2 Å². The number of aryl methyl sites for hydroxylation is 1. The Bertz CT molecular complexity index is 897. The summed E-state index contributed by atoms with van der Waals surface area (Å²) in [7, 11) is -0.350. The molecule has 1 aliphatic rings. The zero-order chi connectivity index (χ0) is 20.1. The van der Waals surface area contributed by atoms with E-state index in [-0.39, 0.29) is 12.1 Å². The average molecular weight is 405 g/mol. The van der Waals surface area contributed by atoms with E-state index in [0.717, 1.165) is 36.9 Å². The van der Waals surface area contributed by atoms with Crippen molar-refractivity contribution in [1.29, 1.82) is 0 Å². The number of sulfonamides is 1. The average Bonchev–Trinajstić information content (AvgIpc) is 2.70. The van der Waals surface area contributed by atoms with Crippen LogP contribution in [0.5, 0.6) is 11.5 Å². The number of anilines is 1. The smallest absolute Gasteiger partial charge is 0.240 e. The quantitative estimate of drug-likeness (QED) is 0.736. The summed E-state index contributed by atoms with van der Waals surface area (Å²) >= 11 is 0. The van der Waals surface area contributed by atoms with Crippen LogP contribution in [0, 0.1) is 6.92 Å². The summed E-state index contributed by atoms with van der Waals surface area (Å²) in [5, 5.41) is 3.48. The molecule has 152 valence electrons. The van der Waals surface area contributed by atoms with Crippen molar-refractivity contribution in [1.82, 2.24) is 4.72 Å². The fraction of sp³-hybridized carbons (Fsp3) is 0.429. The van der Waals surface area contributed by atoms with Gasteiger partial charge in [-0.15, -0.1) is 0 Å². The summed E-state index contributed by atoms with van der Waals surface area (Å²) in [6.07, 6.45) is 3.73. The van der Waals surface area contributed by atoms with Gasteiger partial charge >= 0.3 is 0 Å². The minimum Gasteiger partial charge on any atom is -0.497 e. The lowest BCUT2D eigenvalue weighted by molar-refractivity contribution is 0.373. The molecule has 1 saturated carbocycles. The van der Waals surface area contributed by atoms with Gasteiger partial charge in [-0.2, -0.15) is 0 Å². The third kappa shape index (κ3) is 4.77. The summed E-state index contributed by atoms with van der Waals surface area (Å²) in [4.78, 5) is 0.296. The molecule has 0 radical (unpaired) electrons. The zero-order valence-corrected chi connectivity index (χ0v) is 17.4. The molecule has 0 amide bonds. The number of hydrogen-bond acceptors (Lipinski definition) is 5. The number of hydrogen-bond donors (Lipinski definition) is 2. The maximum atomic E-state index is 12.8. The molecule has 0 unspecified atom stereocenters. The molecule has 0 bridgehead atoms. The molecule has 0 heterocycles. The van der Waals surface area contributed by atoms with E-state index < -0.39 is 10.0 Å². The molecule has 0 aromatic heterocycles. The van der Waals surface area contributed by atoms with Gasteiger partial charge in [-0.25, -0.2) is 13.1 Å². The highest BCUT2D eigenvalue weighted by Crippen LogP contribution is 2.32. The number of ether oxygens (including phenoxy) is 2. The topological polar surface area (TPSA) is 76.7 Å². The second-order valence-corrected chi connectivity index (χ2v) is 8.86. The highest BCUT2D eigenvalue weighted by Gasteiger charge is 2.30. The Labute approximate surface area is 167 Å². The number of nitrogens with one attached hydrogen (secondary N) is 2. The van der Waals surface area contributed by atoms with Crippen LogP contribution in [0.15, 0.2) is 47.4 Å². The SMILES string of the molecule is COc1ccc(N[C@@H]2CCCC[C@H]2NS(=O)(=O)c2ccc(C)cc2)c(OC)c1. The van der Waals surface area contributed by atoms with E-state index >= 15 is 0 Å². The summed E-state index contributed by atoms with van der Waals surface area (Å²) in [6.45, 7) is 1.94. The van der Waals surface area contributed by atoms with Gasteiger partial charge in [0.2, 0.25) is 10.0 Å². The minimum absolute atomic E-state index is 0.0173. The summed E-state index contributed by atoms with van der Waals surface area (Å²) in [5.74, 6) is 1.38. The minimum atomic E-state index is -3.57. The van der Waals surface area contributed by atoms with Gasteiger partial charge in [0.1, 0.15) is 11.5 Å². The first-order chi connectivity index (χ1) is 13.4. The standard InChI is InChI=1S/C21H28N2O4S/c1-15-8-11-17(12-9-15)28(24,25)23-19-7-5-4-6-18(19)22-20-13-10-16(26-2)14-21(20)27-3/h8-14,18-19,22-23H,4-7H2,1-3H3/t18-,19-/m1/s1. The molecule has 2 atom stereocenters. The molecule has 2 aromatic carbocycles. The Balaban J connectivity index is 1.78. The van der Waals surface area contributed by atoms with Crippen LogP contribution in [0.3, 0.4) is 0 Å². The van der Waals surface area contributed by atoms with E-state index in [0.29, 0.717) is 16.4 Å². The van der Waals surface area contributed by atoms with Crippen LogP contribution < -0.4 is 19.5 Å². The van der Waals surface area contributed by atoms with E-state index in [1.54, 1.807) is 26.4 Å². The second kappa shape index (κ2) is 8.84. The first-order valence-corrected chi connectivity index (χ1v) is 11.0. The molecule has 6 nitrogen and oxygen atoms in total. The van der Waals surface area contributed by atoms with E-state index in [2.05, 4.69) is 10.0 Å². The maximum Gasteiger partial charge on any atom is 0.240 e. The van der Waals surface area contributed by atoms with Gasteiger partial charge in [0.25, 0.3) is 0 Å². The third-order valence-electron chi connectivity index (χ3n) is 5.15. The van der Waals surface area contributed by atoms with E-state index in [9.17, 15) is 8.42 Å². The van der Waals surface area contributed by atoms with Crippen molar-refractivity contribution in [2.75, 3.05) is 19.5 Å². The lowest BCUT2D eigenvalue weighted by Crippen LogP contribution is -2.48. The molecule has 2 N–H and O–H groups in total. The molecular weight excluding hydrogens is 376 g/mol. The van der Waals surface area contributed by atoms with Gasteiger partial charge in [-0.1, -0.05) is 30.5 Å². The molecule has 7 heteroatoms. The van der Waals surface area contributed by atoms with Gasteiger partial charge in [0.05, 0.1) is 24.8 Å². The molecule has 1 aliphatic carbocycles. The van der Waals surface area contributed by atoms with Crippen molar-refractivity contribution < 1.29 is 17.9 Å². The maximum absolute atomic E-state index is 12.8. The van der Waals surface area contributed by atoms with E-state index in [1.807, 2.05) is 37.3 Å². The van der Waals surface area contributed by atoms with E-state index in [1.165, 1.54) is 0 Å². The van der Waals surface area contributed by atoms with Crippen LogP contribution in [0.25, 0.3) is 0 Å². The predicted octanol–water partition coefficient (Wildman–Crippen LogP) is 3.71. The molecule has 0 aliphatic heterocycles. The van der Waals surface area contributed by atoms with Crippen molar-refractivity contribution in [2.45, 2.75) is 49.6 Å². The molecule has 0 spiro atoms. The fourth-order valence-electron chi connectivity index (χ4n) is 3.55. The van der Waals surface area contributed by atoms with Crippen LogP contribution >= 0.6 is 0 Å². The summed E-state index contributed by atoms with van der Waals surface area (Å²) in [6, 6.07) is 12.3. The van der Waals surface area contributed by atoms with Gasteiger partial charge in [0.15, 0.2) is 0 Å². The van der Waals surface area contributed by atoms with Crippen LogP contribution in [-0.2, 0) is 10.0 Å². The molecule has 0 saturated heterocycles. The Hall–Kier alpha value is -2.25. The van der Waals surface area contributed by atoms with Gasteiger partial charge < -0.3 is 14.8 Å². The molecule has 28 heavy (non-hydrogen) atoms. The van der Waals surface area contributed by atoms with Crippen LogP contribution in [0.4, 0.5) is 5.69 Å². The van der Waals surface area contributed by atoms with Crippen LogP contribution in [0.2, 0.25) is 0 Å². The highest BCUT2D eigenvalue weighted by atomic mass is 32.2. The number of rotatable bonds is 7. The Kier molecular flexibility index (Phi) is 6.46. The van der Waals surface area contributed by atoms with E-state index in [4.69, 9.17) is 9.47 Å². The number of methoxy groups -OCH3 is 2. The second-order valence-electron chi connectivity index (χ2n) is 7.14. The summed E-state index contributed by atoms with van der Waals surface area (Å²) in [5.41, 5.74) is 1.86. The van der Waals surface area contributed by atoms with Crippen LogP contribution in [0.1, 0.15) is 31.2 Å². The van der Waals surface area contributed by atoms with Crippen molar-refractivity contribution >= 4 is 15.7 Å². The first-order valence-electron chi connectivity index (χ1n) is 9.50. The first kappa shape index (κ1) is 20.5. The third-order valence-corrected chi connectivity index (χ3v) is 6.66. The molecule has 2 aromatic rings. The van der Waals surface area contributed by atoms with Crippen molar-refractivity contribution in [3.63, 3.8) is 0 Å². The summed E-state index contributed by atoms with van der Waals surface area (Å²) < 4.78 is 39.3. The monoisotopic (exact) mass is 404 g/mol. The predicted molar refractivity (Wildman–Crippen MR) is 111 cm³/mol. The molecule has 3 rings (SSSR count). The normalized spacial score (nSPS) is 19.8.